The van der Waals surface area contributed by atoms with Crippen molar-refractivity contribution in [1.82, 2.24) is 24.4 Å². The molecule has 0 spiro atoms. The first-order chi connectivity index (χ1) is 18.9. The maximum atomic E-state index is 11.8. The van der Waals surface area contributed by atoms with E-state index in [1.807, 2.05) is 28.3 Å². The summed E-state index contributed by atoms with van der Waals surface area (Å²) >= 11 is 0. The zero-order chi connectivity index (χ0) is 27.9. The smallest absolute Gasteiger partial charge is 0.248 e. The number of benzene rings is 2. The van der Waals surface area contributed by atoms with Crippen molar-refractivity contribution in [3.05, 3.63) is 47.5 Å². The van der Waals surface area contributed by atoms with Crippen molar-refractivity contribution >= 4 is 46.2 Å². The molecule has 0 saturated heterocycles. The molecule has 5 N–H and O–H groups in total. The Balaban J connectivity index is 1.65. The van der Waals surface area contributed by atoms with Crippen LogP contribution in [0.15, 0.2) is 36.4 Å². The predicted molar refractivity (Wildman–Crippen MR) is 152 cm³/mol. The molecule has 2 aromatic heterocycles. The van der Waals surface area contributed by atoms with Crippen LogP contribution in [-0.2, 0) is 13.1 Å². The lowest BCUT2D eigenvalue weighted by atomic mass is 10.1. The number of ether oxygens (including phenoxy) is 2. The summed E-state index contributed by atoms with van der Waals surface area (Å²) in [4.78, 5) is 32.6. The Kier molecular flexibility index (Phi) is 8.67. The lowest BCUT2D eigenvalue weighted by Crippen LogP contribution is -2.12. The zero-order valence-electron chi connectivity index (χ0n) is 22.6. The maximum absolute atomic E-state index is 11.8. The molecule has 0 aliphatic carbocycles. The Morgan fingerprint density at radius 3 is 2.10 bits per heavy atom. The number of methoxy groups -OCH3 is 1. The molecule has 39 heavy (non-hydrogen) atoms. The molecular weight excluding hydrogens is 500 g/mol. The minimum absolute atomic E-state index is 0.329. The molecule has 0 radical (unpaired) electrons. The SMILES string of the molecule is CNCCCOc1cc(C=O)cc2nc(NC)n(C/C=C/Cn3c(NC)nc4cc(C(N)=O)cc(OC)c43)c12. The summed E-state index contributed by atoms with van der Waals surface area (Å²) in [6.45, 7) is 2.33. The number of nitrogens with two attached hydrogens (primary N) is 1. The number of fused-ring (bicyclic) bond motifs is 2. The van der Waals surface area contributed by atoms with Gasteiger partial charge in [-0.3, -0.25) is 9.59 Å². The van der Waals surface area contributed by atoms with Crippen LogP contribution in [0.4, 0.5) is 11.9 Å². The molecule has 4 aromatic rings. The highest BCUT2D eigenvalue weighted by Gasteiger charge is 2.18. The number of hydrogen-bond donors (Lipinski definition) is 4. The average molecular weight is 535 g/mol. The molecule has 206 valence electrons. The Morgan fingerprint density at radius 2 is 1.56 bits per heavy atom. The standard InChI is InChI=1S/C27H34N8O4/c1-29-8-7-11-39-22-13-17(16-36)12-19-24(22)35(26(30-2)32-19)10-6-5-9-34-23-20(33-27(34)31-3)14-18(25(28)37)15-21(23)38-4/h5-6,12-16,29H,7-11H2,1-4H3,(H2,28,37)(H,30,32)(H,31,33)/b6-5+. The van der Waals surface area contributed by atoms with Gasteiger partial charge in [-0.15, -0.1) is 0 Å². The lowest BCUT2D eigenvalue weighted by Gasteiger charge is -2.12. The number of rotatable bonds is 14. The summed E-state index contributed by atoms with van der Waals surface area (Å²) in [5, 5.41) is 9.34. The van der Waals surface area contributed by atoms with Crippen LogP contribution < -0.4 is 31.2 Å². The summed E-state index contributed by atoms with van der Waals surface area (Å²) in [6, 6.07) is 6.78. The van der Waals surface area contributed by atoms with E-state index >= 15 is 0 Å². The van der Waals surface area contributed by atoms with Crippen molar-refractivity contribution < 1.29 is 19.1 Å². The van der Waals surface area contributed by atoms with Crippen LogP contribution >= 0.6 is 0 Å². The van der Waals surface area contributed by atoms with E-state index in [1.165, 1.54) is 0 Å². The van der Waals surface area contributed by atoms with Crippen molar-refractivity contribution in [3.8, 4) is 11.5 Å². The molecule has 4 rings (SSSR count). The summed E-state index contributed by atoms with van der Waals surface area (Å²) in [5.41, 5.74) is 9.16. The number of carbonyl (C=O) groups excluding carboxylic acids is 2. The second kappa shape index (κ2) is 12.3. The van der Waals surface area contributed by atoms with E-state index < -0.39 is 5.91 Å². The quantitative estimate of drug-likeness (QED) is 0.109. The number of allylic oxidation sites excluding steroid dienone is 2. The van der Waals surface area contributed by atoms with Gasteiger partial charge in [0, 0.05) is 38.3 Å². The summed E-state index contributed by atoms with van der Waals surface area (Å²) in [7, 11) is 7.03. The van der Waals surface area contributed by atoms with Crippen molar-refractivity contribution in [2.24, 2.45) is 5.73 Å². The van der Waals surface area contributed by atoms with Crippen molar-refractivity contribution in [2.45, 2.75) is 19.5 Å². The highest BCUT2D eigenvalue weighted by Crippen LogP contribution is 2.32. The second-order valence-corrected chi connectivity index (χ2v) is 8.78. The van der Waals surface area contributed by atoms with Gasteiger partial charge in [0.1, 0.15) is 28.8 Å². The molecular formula is C27H34N8O4. The lowest BCUT2D eigenvalue weighted by molar-refractivity contribution is 0.0999. The third kappa shape index (κ3) is 5.65. The molecule has 0 aliphatic heterocycles. The highest BCUT2D eigenvalue weighted by molar-refractivity contribution is 5.99. The summed E-state index contributed by atoms with van der Waals surface area (Å²) < 4.78 is 15.6. The second-order valence-electron chi connectivity index (χ2n) is 8.78. The van der Waals surface area contributed by atoms with Crippen molar-refractivity contribution in [2.75, 3.05) is 52.0 Å². The average Bonchev–Trinajstić information content (AvgIpc) is 3.50. The van der Waals surface area contributed by atoms with E-state index in [-0.39, 0.29) is 0 Å². The van der Waals surface area contributed by atoms with E-state index in [0.717, 1.165) is 30.3 Å². The van der Waals surface area contributed by atoms with Crippen molar-refractivity contribution in [3.63, 3.8) is 0 Å². The predicted octanol–water partition coefficient (Wildman–Crippen LogP) is 2.63. The van der Waals surface area contributed by atoms with Gasteiger partial charge >= 0.3 is 0 Å². The third-order valence-electron chi connectivity index (χ3n) is 6.29. The van der Waals surface area contributed by atoms with Crippen LogP contribution in [0, 0.1) is 0 Å². The third-order valence-corrected chi connectivity index (χ3v) is 6.29. The van der Waals surface area contributed by atoms with Crippen LogP contribution in [0.1, 0.15) is 27.1 Å². The molecule has 0 aliphatic rings. The Hall–Kier alpha value is -4.58. The fraction of sp³-hybridized carbons (Fsp3) is 0.333. The van der Waals surface area contributed by atoms with E-state index in [0.29, 0.717) is 65.3 Å². The number of primary amides is 1. The first-order valence-corrected chi connectivity index (χ1v) is 12.6. The minimum Gasteiger partial charge on any atom is -0.494 e. The van der Waals surface area contributed by atoms with E-state index in [1.54, 1.807) is 45.5 Å². The van der Waals surface area contributed by atoms with Crippen molar-refractivity contribution in [1.29, 1.82) is 0 Å². The van der Waals surface area contributed by atoms with Crippen LogP contribution in [-0.4, -0.2) is 72.7 Å². The molecule has 0 bridgehead atoms. The fourth-order valence-electron chi connectivity index (χ4n) is 4.48. The fourth-order valence-corrected chi connectivity index (χ4v) is 4.48. The van der Waals surface area contributed by atoms with Gasteiger partial charge in [0.15, 0.2) is 0 Å². The molecule has 12 heteroatoms. The monoisotopic (exact) mass is 534 g/mol. The van der Waals surface area contributed by atoms with Gasteiger partial charge in [-0.25, -0.2) is 9.97 Å². The molecule has 12 nitrogen and oxygen atoms in total. The Bertz CT molecular complexity index is 1520. The molecule has 0 unspecified atom stereocenters. The number of hydrogen-bond acceptors (Lipinski definition) is 9. The van der Waals surface area contributed by atoms with Gasteiger partial charge in [0.2, 0.25) is 17.8 Å². The van der Waals surface area contributed by atoms with Gasteiger partial charge in [-0.05, 0) is 44.3 Å². The van der Waals surface area contributed by atoms with Crippen LogP contribution in [0.2, 0.25) is 0 Å². The van der Waals surface area contributed by atoms with E-state index in [2.05, 4.69) is 25.9 Å². The van der Waals surface area contributed by atoms with Crippen LogP contribution in [0.3, 0.4) is 0 Å². The first-order valence-electron chi connectivity index (χ1n) is 12.6. The molecule has 2 heterocycles. The van der Waals surface area contributed by atoms with E-state index in [9.17, 15) is 9.59 Å². The number of imidazole rings is 2. The van der Waals surface area contributed by atoms with Gasteiger partial charge < -0.3 is 40.3 Å². The Labute approximate surface area is 226 Å². The molecule has 2 aromatic carbocycles. The number of aromatic nitrogens is 4. The van der Waals surface area contributed by atoms with Gasteiger partial charge in [-0.2, -0.15) is 0 Å². The first kappa shape index (κ1) is 27.5. The molecule has 0 atom stereocenters. The zero-order valence-corrected chi connectivity index (χ0v) is 22.6. The van der Waals surface area contributed by atoms with Gasteiger partial charge in [-0.1, -0.05) is 12.2 Å². The Morgan fingerprint density at radius 1 is 0.949 bits per heavy atom. The molecule has 0 fully saturated rings. The van der Waals surface area contributed by atoms with Gasteiger partial charge in [0.25, 0.3) is 0 Å². The normalized spacial score (nSPS) is 11.4. The maximum Gasteiger partial charge on any atom is 0.248 e. The van der Waals surface area contributed by atoms with Crippen LogP contribution in [0.25, 0.3) is 22.1 Å². The van der Waals surface area contributed by atoms with Gasteiger partial charge in [0.05, 0.1) is 24.8 Å². The summed E-state index contributed by atoms with van der Waals surface area (Å²) in [6.07, 6.45) is 5.67. The number of carbonyl (C=O) groups is 2. The largest absolute Gasteiger partial charge is 0.494 e. The highest BCUT2D eigenvalue weighted by atomic mass is 16.5. The molecule has 1 amide bonds. The van der Waals surface area contributed by atoms with E-state index in [4.69, 9.17) is 15.2 Å². The van der Waals surface area contributed by atoms with Crippen LogP contribution in [0.5, 0.6) is 11.5 Å². The number of amides is 1. The number of anilines is 2. The molecule has 0 saturated carbocycles. The number of aldehydes is 1. The minimum atomic E-state index is -0.547. The topological polar surface area (TPSA) is 150 Å². The number of nitrogens with zero attached hydrogens (tertiary/aromatic N) is 4. The summed E-state index contributed by atoms with van der Waals surface area (Å²) in [5.74, 6) is 1.85. The number of nitrogens with one attached hydrogen (secondary N) is 3.